The highest BCUT2D eigenvalue weighted by molar-refractivity contribution is 9.10. The Bertz CT molecular complexity index is 479. The molecule has 0 aromatic carbocycles. The third-order valence-electron chi connectivity index (χ3n) is 4.25. The summed E-state index contributed by atoms with van der Waals surface area (Å²) in [5, 5.41) is 3.39. The Kier molecular flexibility index (Phi) is 4.75. The fraction of sp³-hybridized carbons (Fsp3) is 0.600. The van der Waals surface area contributed by atoms with E-state index in [0.29, 0.717) is 12.5 Å². The van der Waals surface area contributed by atoms with Gasteiger partial charge in [-0.25, -0.2) is 4.98 Å². The molecule has 1 N–H and O–H groups in total. The third-order valence-corrected chi connectivity index (χ3v) is 4.72. The van der Waals surface area contributed by atoms with Gasteiger partial charge in [0.1, 0.15) is 5.82 Å². The molecule has 1 aromatic heterocycles. The minimum Gasteiger partial charge on any atom is -0.353 e. The van der Waals surface area contributed by atoms with E-state index >= 15 is 0 Å². The molecule has 3 heterocycles. The van der Waals surface area contributed by atoms with Crippen molar-refractivity contribution in [1.82, 2.24) is 15.2 Å². The monoisotopic (exact) mass is 352 g/mol. The lowest BCUT2D eigenvalue weighted by atomic mass is 10.1. The van der Waals surface area contributed by atoms with Gasteiger partial charge in [0.2, 0.25) is 5.91 Å². The predicted octanol–water partition coefficient (Wildman–Crippen LogP) is 1.63. The van der Waals surface area contributed by atoms with Crippen LogP contribution in [0.15, 0.2) is 22.8 Å². The summed E-state index contributed by atoms with van der Waals surface area (Å²) in [7, 11) is 0. The zero-order chi connectivity index (χ0) is 14.7. The van der Waals surface area contributed by atoms with E-state index in [1.54, 1.807) is 0 Å². The van der Waals surface area contributed by atoms with Gasteiger partial charge in [-0.2, -0.15) is 0 Å². The van der Waals surface area contributed by atoms with Gasteiger partial charge in [-0.3, -0.25) is 4.79 Å². The number of nitrogens with one attached hydrogen (secondary N) is 1. The molecule has 0 aliphatic carbocycles. The first kappa shape index (κ1) is 14.8. The maximum atomic E-state index is 12.3. The number of aromatic nitrogens is 1. The summed E-state index contributed by atoms with van der Waals surface area (Å²) in [6, 6.07) is 4.42. The number of rotatable bonds is 3. The average molecular weight is 353 g/mol. The third kappa shape index (κ3) is 3.74. The average Bonchev–Trinajstić information content (AvgIpc) is 3.01. The van der Waals surface area contributed by atoms with E-state index in [4.69, 9.17) is 0 Å². The maximum absolute atomic E-state index is 12.3. The lowest BCUT2D eigenvalue weighted by Gasteiger charge is -2.35. The van der Waals surface area contributed by atoms with Crippen LogP contribution in [0, 0.1) is 0 Å². The van der Waals surface area contributed by atoms with Gasteiger partial charge in [-0.05, 0) is 47.4 Å². The lowest BCUT2D eigenvalue weighted by Crippen LogP contribution is -2.49. The summed E-state index contributed by atoms with van der Waals surface area (Å²) in [5.74, 6) is 1.28. The number of hydrogen-bond acceptors (Lipinski definition) is 4. The quantitative estimate of drug-likeness (QED) is 0.898. The molecule has 0 radical (unpaired) electrons. The Morgan fingerprint density at radius 2 is 2.14 bits per heavy atom. The van der Waals surface area contributed by atoms with E-state index in [2.05, 4.69) is 31.1 Å². The van der Waals surface area contributed by atoms with Crippen molar-refractivity contribution in [3.8, 4) is 0 Å². The molecule has 0 spiro atoms. The number of pyridine rings is 1. The molecule has 21 heavy (non-hydrogen) atoms. The summed E-state index contributed by atoms with van der Waals surface area (Å²) in [6.07, 6.45) is 4.80. The summed E-state index contributed by atoms with van der Waals surface area (Å²) < 4.78 is 0.990. The number of carbonyl (C=O) groups is 1. The topological polar surface area (TPSA) is 48.5 Å². The molecule has 6 heteroatoms. The molecule has 0 saturated carbocycles. The fourth-order valence-electron chi connectivity index (χ4n) is 3.01. The molecular formula is C15H21BrN4O. The van der Waals surface area contributed by atoms with Crippen LogP contribution in [0.4, 0.5) is 5.82 Å². The van der Waals surface area contributed by atoms with Crippen LogP contribution in [-0.4, -0.2) is 54.6 Å². The number of hydrogen-bond donors (Lipinski definition) is 1. The molecule has 2 saturated heterocycles. The number of amides is 1. The second-order valence-electron chi connectivity index (χ2n) is 5.70. The minimum atomic E-state index is 0.290. The molecule has 1 atom stereocenters. The fourth-order valence-corrected chi connectivity index (χ4v) is 3.25. The molecule has 5 nitrogen and oxygen atoms in total. The van der Waals surface area contributed by atoms with Gasteiger partial charge in [0.05, 0.1) is 0 Å². The molecule has 2 aliphatic rings. The largest absolute Gasteiger partial charge is 0.353 e. The van der Waals surface area contributed by atoms with Gasteiger partial charge < -0.3 is 15.1 Å². The van der Waals surface area contributed by atoms with Crippen molar-refractivity contribution >= 4 is 27.7 Å². The van der Waals surface area contributed by atoms with E-state index in [1.165, 1.54) is 6.42 Å². The summed E-state index contributed by atoms with van der Waals surface area (Å²) in [5.41, 5.74) is 0. The van der Waals surface area contributed by atoms with E-state index < -0.39 is 0 Å². The van der Waals surface area contributed by atoms with Crippen LogP contribution in [-0.2, 0) is 4.79 Å². The number of anilines is 1. The van der Waals surface area contributed by atoms with Crippen molar-refractivity contribution in [1.29, 1.82) is 0 Å². The summed E-state index contributed by atoms with van der Waals surface area (Å²) in [4.78, 5) is 20.9. The summed E-state index contributed by atoms with van der Waals surface area (Å²) in [6.45, 7) is 4.37. The highest BCUT2D eigenvalue weighted by Gasteiger charge is 2.25. The van der Waals surface area contributed by atoms with Gasteiger partial charge in [0.25, 0.3) is 0 Å². The van der Waals surface area contributed by atoms with Crippen LogP contribution in [0.1, 0.15) is 19.3 Å². The van der Waals surface area contributed by atoms with Crippen molar-refractivity contribution < 1.29 is 4.79 Å². The maximum Gasteiger partial charge on any atom is 0.224 e. The normalized spacial score (nSPS) is 22.6. The van der Waals surface area contributed by atoms with Crippen LogP contribution in [0.25, 0.3) is 0 Å². The van der Waals surface area contributed by atoms with Crippen molar-refractivity contribution in [2.75, 3.05) is 37.6 Å². The molecular weight excluding hydrogens is 332 g/mol. The molecule has 3 rings (SSSR count). The molecule has 0 bridgehead atoms. The second kappa shape index (κ2) is 6.75. The molecule has 1 amide bonds. The number of carbonyl (C=O) groups excluding carboxylic acids is 1. The second-order valence-corrected chi connectivity index (χ2v) is 6.62. The smallest absolute Gasteiger partial charge is 0.224 e. The number of nitrogens with zero attached hydrogens (tertiary/aromatic N) is 3. The predicted molar refractivity (Wildman–Crippen MR) is 86.4 cm³/mol. The van der Waals surface area contributed by atoms with Gasteiger partial charge in [0, 0.05) is 49.3 Å². The van der Waals surface area contributed by atoms with Crippen molar-refractivity contribution in [2.45, 2.75) is 25.3 Å². The zero-order valence-electron chi connectivity index (χ0n) is 12.1. The Labute approximate surface area is 133 Å². The van der Waals surface area contributed by atoms with E-state index in [0.717, 1.165) is 49.4 Å². The first-order chi connectivity index (χ1) is 10.2. The zero-order valence-corrected chi connectivity index (χ0v) is 13.7. The van der Waals surface area contributed by atoms with Crippen LogP contribution in [0.2, 0.25) is 0 Å². The van der Waals surface area contributed by atoms with Crippen molar-refractivity contribution in [3.05, 3.63) is 22.8 Å². The Balaban J connectivity index is 1.50. The molecule has 2 aliphatic heterocycles. The van der Waals surface area contributed by atoms with Crippen LogP contribution in [0.3, 0.4) is 0 Å². The van der Waals surface area contributed by atoms with E-state index in [9.17, 15) is 4.79 Å². The molecule has 1 aromatic rings. The lowest BCUT2D eigenvalue weighted by molar-refractivity contribution is -0.131. The van der Waals surface area contributed by atoms with Crippen molar-refractivity contribution in [2.24, 2.45) is 0 Å². The van der Waals surface area contributed by atoms with Crippen LogP contribution < -0.4 is 10.2 Å². The number of halogens is 1. The van der Waals surface area contributed by atoms with Gasteiger partial charge in [-0.15, -0.1) is 0 Å². The number of piperazine rings is 1. The Morgan fingerprint density at radius 3 is 2.76 bits per heavy atom. The molecule has 114 valence electrons. The highest BCUT2D eigenvalue weighted by atomic mass is 79.9. The highest BCUT2D eigenvalue weighted by Crippen LogP contribution is 2.17. The first-order valence-electron chi connectivity index (χ1n) is 7.60. The Hall–Kier alpha value is -1.14. The summed E-state index contributed by atoms with van der Waals surface area (Å²) >= 11 is 3.40. The standard InChI is InChI=1S/C15H21BrN4O/c16-12-3-4-14(18-11-12)19-6-8-20(9-7-19)15(21)10-13-2-1-5-17-13/h3-4,11,13,17H,1-2,5-10H2. The minimum absolute atomic E-state index is 0.290. The van der Waals surface area contributed by atoms with E-state index in [-0.39, 0.29) is 5.91 Å². The Morgan fingerprint density at radius 1 is 1.33 bits per heavy atom. The SMILES string of the molecule is O=C(CC1CCCN1)N1CCN(c2ccc(Br)cn2)CC1. The van der Waals surface area contributed by atoms with Gasteiger partial charge in [0.15, 0.2) is 0 Å². The van der Waals surface area contributed by atoms with Gasteiger partial charge in [-0.1, -0.05) is 0 Å². The van der Waals surface area contributed by atoms with Crippen molar-refractivity contribution in [3.63, 3.8) is 0 Å². The van der Waals surface area contributed by atoms with Gasteiger partial charge >= 0.3 is 0 Å². The first-order valence-corrected chi connectivity index (χ1v) is 8.39. The van der Waals surface area contributed by atoms with Crippen LogP contribution in [0.5, 0.6) is 0 Å². The molecule has 1 unspecified atom stereocenters. The van der Waals surface area contributed by atoms with E-state index in [1.807, 2.05) is 23.2 Å². The van der Waals surface area contributed by atoms with Crippen LogP contribution >= 0.6 is 15.9 Å². The molecule has 2 fully saturated rings.